The van der Waals surface area contributed by atoms with E-state index in [1.165, 1.54) is 11.0 Å². The largest absolute Gasteiger partial charge is 0.417 e. The van der Waals surface area contributed by atoms with Crippen LogP contribution in [0.5, 0.6) is 0 Å². The number of benzene rings is 1. The molecular weight excluding hydrogens is 425 g/mol. The highest BCUT2D eigenvalue weighted by molar-refractivity contribution is 7.89. The summed E-state index contributed by atoms with van der Waals surface area (Å²) >= 11 is 0. The first-order valence-corrected chi connectivity index (χ1v) is 10.8. The molecule has 0 unspecified atom stereocenters. The van der Waals surface area contributed by atoms with Crippen molar-refractivity contribution in [1.29, 1.82) is 0 Å². The molecule has 0 bridgehead atoms. The Kier molecular flexibility index (Phi) is 7.35. The van der Waals surface area contributed by atoms with Gasteiger partial charge in [0.1, 0.15) is 6.04 Å². The van der Waals surface area contributed by atoms with E-state index in [0.717, 1.165) is 22.5 Å². The van der Waals surface area contributed by atoms with Crippen molar-refractivity contribution < 1.29 is 31.2 Å². The Morgan fingerprint density at radius 1 is 1.13 bits per heavy atom. The van der Waals surface area contributed by atoms with Crippen molar-refractivity contribution in [2.45, 2.75) is 37.4 Å². The van der Waals surface area contributed by atoms with E-state index in [4.69, 9.17) is 5.73 Å². The van der Waals surface area contributed by atoms with Gasteiger partial charge in [0, 0.05) is 26.2 Å². The molecule has 1 saturated heterocycles. The number of carbonyl (C=O) groups is 2. The molecule has 0 saturated carbocycles. The van der Waals surface area contributed by atoms with Gasteiger partial charge in [-0.15, -0.1) is 0 Å². The first-order chi connectivity index (χ1) is 13.8. The summed E-state index contributed by atoms with van der Waals surface area (Å²) in [5.41, 5.74) is 3.90. The summed E-state index contributed by atoms with van der Waals surface area (Å²) in [6.07, 6.45) is -4.47. The molecule has 3 amide bonds. The van der Waals surface area contributed by atoms with Gasteiger partial charge in [-0.2, -0.15) is 17.5 Å². The van der Waals surface area contributed by atoms with Crippen LogP contribution in [0.2, 0.25) is 0 Å². The van der Waals surface area contributed by atoms with Gasteiger partial charge in [-0.05, 0) is 24.5 Å². The average molecular weight is 450 g/mol. The molecule has 0 radical (unpaired) electrons. The highest BCUT2D eigenvalue weighted by Crippen LogP contribution is 2.35. The molecule has 1 aliphatic rings. The van der Waals surface area contributed by atoms with Crippen LogP contribution in [0.3, 0.4) is 0 Å². The van der Waals surface area contributed by atoms with Crippen molar-refractivity contribution in [3.8, 4) is 0 Å². The van der Waals surface area contributed by atoms with Crippen molar-refractivity contribution in [1.82, 2.24) is 14.5 Å². The molecule has 12 heteroatoms. The van der Waals surface area contributed by atoms with Gasteiger partial charge in [0.2, 0.25) is 15.9 Å². The van der Waals surface area contributed by atoms with Crippen LogP contribution in [0.15, 0.2) is 29.2 Å². The minimum Gasteiger partial charge on any atom is -0.352 e. The van der Waals surface area contributed by atoms with Crippen LogP contribution in [-0.4, -0.2) is 61.8 Å². The van der Waals surface area contributed by atoms with Crippen LogP contribution >= 0.6 is 0 Å². The van der Waals surface area contributed by atoms with E-state index in [1.54, 1.807) is 0 Å². The highest BCUT2D eigenvalue weighted by atomic mass is 32.2. The number of amides is 3. The fourth-order valence-corrected chi connectivity index (χ4v) is 4.93. The Morgan fingerprint density at radius 2 is 1.70 bits per heavy atom. The fraction of sp³-hybridized carbons (Fsp3) is 0.556. The van der Waals surface area contributed by atoms with Crippen LogP contribution in [0.4, 0.5) is 18.0 Å². The van der Waals surface area contributed by atoms with E-state index in [1.807, 2.05) is 13.8 Å². The maximum Gasteiger partial charge on any atom is 0.417 e. The Labute approximate surface area is 173 Å². The molecule has 0 spiro atoms. The molecule has 3 N–H and O–H groups in total. The third-order valence-corrected chi connectivity index (χ3v) is 6.64. The number of nitrogens with two attached hydrogens (primary N) is 1. The maximum atomic E-state index is 13.2. The van der Waals surface area contributed by atoms with E-state index in [0.29, 0.717) is 6.42 Å². The highest BCUT2D eigenvalue weighted by Gasteiger charge is 2.40. The molecule has 30 heavy (non-hydrogen) atoms. The van der Waals surface area contributed by atoms with Gasteiger partial charge in [-0.1, -0.05) is 26.0 Å². The van der Waals surface area contributed by atoms with E-state index in [2.05, 4.69) is 5.32 Å². The summed E-state index contributed by atoms with van der Waals surface area (Å²) in [5, 5.41) is 2.39. The molecule has 8 nitrogen and oxygen atoms in total. The van der Waals surface area contributed by atoms with Crippen LogP contribution in [0, 0.1) is 5.92 Å². The molecule has 1 aliphatic heterocycles. The average Bonchev–Trinajstić information content (AvgIpc) is 2.65. The lowest BCUT2D eigenvalue weighted by Crippen LogP contribution is -2.56. The maximum absolute atomic E-state index is 13.2. The van der Waals surface area contributed by atoms with Gasteiger partial charge in [0.25, 0.3) is 0 Å². The van der Waals surface area contributed by atoms with Crippen molar-refractivity contribution in [2.24, 2.45) is 11.7 Å². The number of carbonyl (C=O) groups excluding carboxylic acids is 2. The first kappa shape index (κ1) is 23.9. The molecule has 1 aromatic rings. The van der Waals surface area contributed by atoms with Crippen LogP contribution in [0.25, 0.3) is 0 Å². The van der Waals surface area contributed by atoms with Gasteiger partial charge in [0.15, 0.2) is 0 Å². The monoisotopic (exact) mass is 450 g/mol. The topological polar surface area (TPSA) is 113 Å². The smallest absolute Gasteiger partial charge is 0.352 e. The second-order valence-corrected chi connectivity index (χ2v) is 9.32. The van der Waals surface area contributed by atoms with Crippen molar-refractivity contribution in [3.05, 3.63) is 29.8 Å². The molecule has 168 valence electrons. The SMILES string of the molecule is CC(C)C[C@H](NC(N)=O)C(=O)N1CCN(S(=O)(=O)c2ccccc2C(F)(F)F)CC1. The Balaban J connectivity index is 2.15. The minimum absolute atomic E-state index is 0.0126. The summed E-state index contributed by atoms with van der Waals surface area (Å²) < 4.78 is 66.2. The predicted molar refractivity (Wildman–Crippen MR) is 103 cm³/mol. The Hall–Kier alpha value is -2.34. The Bertz CT molecular complexity index is 882. The molecule has 1 fully saturated rings. The summed E-state index contributed by atoms with van der Waals surface area (Å²) in [6.45, 7) is 3.39. The summed E-state index contributed by atoms with van der Waals surface area (Å²) in [4.78, 5) is 24.5. The molecule has 1 aromatic carbocycles. The second kappa shape index (κ2) is 9.21. The number of hydrogen-bond donors (Lipinski definition) is 2. The summed E-state index contributed by atoms with van der Waals surface area (Å²) in [7, 11) is -4.40. The molecule has 0 aromatic heterocycles. The first-order valence-electron chi connectivity index (χ1n) is 9.35. The van der Waals surface area contributed by atoms with E-state index in [9.17, 15) is 31.2 Å². The molecule has 1 atom stereocenters. The van der Waals surface area contributed by atoms with E-state index < -0.39 is 44.6 Å². The third-order valence-electron chi connectivity index (χ3n) is 4.68. The quantitative estimate of drug-likeness (QED) is 0.686. The third kappa shape index (κ3) is 5.63. The number of alkyl halides is 3. The second-order valence-electron chi connectivity index (χ2n) is 7.41. The summed E-state index contributed by atoms with van der Waals surface area (Å²) in [5.74, 6) is -0.318. The number of sulfonamides is 1. The van der Waals surface area contributed by atoms with Crippen molar-refractivity contribution in [3.63, 3.8) is 0 Å². The van der Waals surface area contributed by atoms with Gasteiger partial charge >= 0.3 is 12.2 Å². The fourth-order valence-electron chi connectivity index (χ4n) is 3.30. The normalized spacial score (nSPS) is 17.1. The number of primary amides is 1. The lowest BCUT2D eigenvalue weighted by Gasteiger charge is -2.36. The van der Waals surface area contributed by atoms with Crippen molar-refractivity contribution in [2.75, 3.05) is 26.2 Å². The Morgan fingerprint density at radius 3 is 2.20 bits per heavy atom. The van der Waals surface area contributed by atoms with E-state index in [-0.39, 0.29) is 32.1 Å². The van der Waals surface area contributed by atoms with Gasteiger partial charge < -0.3 is 16.0 Å². The van der Waals surface area contributed by atoms with Crippen LogP contribution in [-0.2, 0) is 21.0 Å². The van der Waals surface area contributed by atoms with Crippen LogP contribution < -0.4 is 11.1 Å². The van der Waals surface area contributed by atoms with Crippen LogP contribution in [0.1, 0.15) is 25.8 Å². The molecule has 0 aliphatic carbocycles. The van der Waals surface area contributed by atoms with Gasteiger partial charge in [0.05, 0.1) is 10.5 Å². The molecular formula is C18H25F3N4O4S. The molecule has 2 rings (SSSR count). The lowest BCUT2D eigenvalue weighted by molar-refractivity contribution is -0.139. The zero-order valence-corrected chi connectivity index (χ0v) is 17.5. The number of rotatable bonds is 6. The number of halogens is 3. The zero-order chi connectivity index (χ0) is 22.7. The number of hydrogen-bond acceptors (Lipinski definition) is 4. The number of piperazine rings is 1. The number of urea groups is 1. The number of nitrogens with zero attached hydrogens (tertiary/aromatic N) is 2. The summed E-state index contributed by atoms with van der Waals surface area (Å²) in [6, 6.07) is 2.30. The molecule has 1 heterocycles. The van der Waals surface area contributed by atoms with E-state index >= 15 is 0 Å². The lowest BCUT2D eigenvalue weighted by atomic mass is 10.0. The van der Waals surface area contributed by atoms with Gasteiger partial charge in [-0.3, -0.25) is 4.79 Å². The van der Waals surface area contributed by atoms with Crippen molar-refractivity contribution >= 4 is 22.0 Å². The zero-order valence-electron chi connectivity index (χ0n) is 16.6. The minimum atomic E-state index is -4.81. The number of nitrogens with one attached hydrogen (secondary N) is 1. The van der Waals surface area contributed by atoms with Gasteiger partial charge in [-0.25, -0.2) is 13.2 Å². The predicted octanol–water partition coefficient (Wildman–Crippen LogP) is 1.62. The standard InChI is InChI=1S/C18H25F3N4O4S/c1-12(2)11-14(23-17(22)27)16(26)24-7-9-25(10-8-24)30(28,29)15-6-4-3-5-13(15)18(19,20)21/h3-6,12,14H,7-11H2,1-2H3,(H3,22,23,27)/t14-/m0/s1.